The molecule has 4 rings (SSSR count). The maximum absolute atomic E-state index is 13.0. The van der Waals surface area contributed by atoms with Crippen molar-refractivity contribution in [3.8, 4) is 17.6 Å². The number of carbonyl (C=O) groups excluding carboxylic acids is 3. The number of ketones is 1. The van der Waals surface area contributed by atoms with Crippen LogP contribution in [0.5, 0.6) is 5.75 Å². The minimum atomic E-state index is -1.37. The molecule has 2 aromatic rings. The van der Waals surface area contributed by atoms with E-state index < -0.39 is 17.5 Å². The Kier molecular flexibility index (Phi) is 9.28. The molecule has 0 aliphatic carbocycles. The molecule has 8 heteroatoms. The van der Waals surface area contributed by atoms with Crippen molar-refractivity contribution in [3.63, 3.8) is 0 Å². The highest BCUT2D eigenvalue weighted by molar-refractivity contribution is 6.09. The summed E-state index contributed by atoms with van der Waals surface area (Å²) in [6, 6.07) is 10.8. The maximum atomic E-state index is 13.0. The summed E-state index contributed by atoms with van der Waals surface area (Å²) in [5.41, 5.74) is 2.52. The van der Waals surface area contributed by atoms with E-state index in [2.05, 4.69) is 51.3 Å². The van der Waals surface area contributed by atoms with Gasteiger partial charge in [0.15, 0.2) is 11.3 Å². The number of nitrogens with zero attached hydrogens (tertiary/aromatic N) is 2. The summed E-state index contributed by atoms with van der Waals surface area (Å²) in [5.74, 6) is 5.67. The molecule has 2 unspecified atom stereocenters. The van der Waals surface area contributed by atoms with E-state index >= 15 is 0 Å². The van der Waals surface area contributed by atoms with Crippen molar-refractivity contribution >= 4 is 17.7 Å². The number of hydrogen-bond acceptors (Lipinski definition) is 6. The Morgan fingerprint density at radius 3 is 2.33 bits per heavy atom. The predicted molar refractivity (Wildman–Crippen MR) is 155 cm³/mol. The first-order valence-electron chi connectivity index (χ1n) is 14.2. The van der Waals surface area contributed by atoms with E-state index in [9.17, 15) is 19.5 Å². The smallest absolute Gasteiger partial charge is 0.323 e. The molecule has 2 heterocycles. The van der Waals surface area contributed by atoms with Crippen molar-refractivity contribution < 1.29 is 19.5 Å². The number of benzene rings is 2. The van der Waals surface area contributed by atoms with Crippen molar-refractivity contribution in [2.24, 2.45) is 5.92 Å². The van der Waals surface area contributed by atoms with Crippen LogP contribution in [0.1, 0.15) is 66.2 Å². The number of imide groups is 1. The minimum absolute atomic E-state index is 0.0383. The molecular weight excluding hydrogens is 504 g/mol. The molecule has 212 valence electrons. The summed E-state index contributed by atoms with van der Waals surface area (Å²) in [6.07, 6.45) is 1.10. The van der Waals surface area contributed by atoms with Gasteiger partial charge in [-0.3, -0.25) is 19.8 Å². The van der Waals surface area contributed by atoms with Crippen LogP contribution < -0.4 is 10.6 Å². The molecule has 2 aliphatic rings. The zero-order valence-corrected chi connectivity index (χ0v) is 24.0. The number of likely N-dealkylation sites (N-methyl/N-ethyl adjacent to an activating group) is 1. The van der Waals surface area contributed by atoms with Gasteiger partial charge >= 0.3 is 6.03 Å². The van der Waals surface area contributed by atoms with Gasteiger partial charge in [0.2, 0.25) is 0 Å². The van der Waals surface area contributed by atoms with Gasteiger partial charge in [0.1, 0.15) is 5.75 Å². The van der Waals surface area contributed by atoms with Crippen LogP contribution in [0, 0.1) is 24.7 Å². The zero-order valence-electron chi connectivity index (χ0n) is 24.0. The van der Waals surface area contributed by atoms with Gasteiger partial charge < -0.3 is 15.3 Å². The van der Waals surface area contributed by atoms with Gasteiger partial charge in [0, 0.05) is 55.8 Å². The van der Waals surface area contributed by atoms with Gasteiger partial charge in [0.25, 0.3) is 5.91 Å². The second-order valence-corrected chi connectivity index (χ2v) is 11.0. The van der Waals surface area contributed by atoms with Crippen molar-refractivity contribution in [3.05, 3.63) is 64.2 Å². The lowest BCUT2D eigenvalue weighted by Crippen LogP contribution is -2.47. The first-order chi connectivity index (χ1) is 19.1. The third kappa shape index (κ3) is 6.72. The molecule has 0 bridgehead atoms. The fraction of sp³-hybridized carbons (Fsp3) is 0.469. The Bertz CT molecular complexity index is 1320. The van der Waals surface area contributed by atoms with Gasteiger partial charge in [0.05, 0.1) is 0 Å². The number of rotatable bonds is 9. The molecule has 2 aliphatic heterocycles. The number of phenols is 1. The number of amides is 3. The van der Waals surface area contributed by atoms with Crippen molar-refractivity contribution in [1.82, 2.24) is 20.4 Å². The number of carbonyl (C=O) groups is 3. The van der Waals surface area contributed by atoms with Crippen LogP contribution in [0.3, 0.4) is 0 Å². The van der Waals surface area contributed by atoms with Crippen LogP contribution in [0.4, 0.5) is 4.79 Å². The summed E-state index contributed by atoms with van der Waals surface area (Å²) in [7, 11) is 0. The molecule has 0 saturated carbocycles. The maximum Gasteiger partial charge on any atom is 0.323 e. The quantitative estimate of drug-likeness (QED) is 0.253. The second-order valence-electron chi connectivity index (χ2n) is 11.0. The second kappa shape index (κ2) is 12.7. The SMILES string of the molecule is CCC(=O)c1c(CC(C)CC2(C#Cc3ccc(CN4CCN(CC)CC4)cc3)NC(=O)NC2=O)ccc(O)c1C. The Hall–Kier alpha value is -3.67. The first kappa shape index (κ1) is 29.3. The van der Waals surface area contributed by atoms with Crippen molar-refractivity contribution in [1.29, 1.82) is 0 Å². The highest BCUT2D eigenvalue weighted by atomic mass is 16.3. The third-order valence-electron chi connectivity index (χ3n) is 7.98. The van der Waals surface area contributed by atoms with Crippen LogP contribution in [0.15, 0.2) is 36.4 Å². The van der Waals surface area contributed by atoms with Gasteiger partial charge in [-0.05, 0) is 61.6 Å². The lowest BCUT2D eigenvalue weighted by atomic mass is 9.83. The number of Topliss-reactive ketones (excluding diaryl/α,β-unsaturated/α-hetero) is 1. The molecule has 2 saturated heterocycles. The van der Waals surface area contributed by atoms with Crippen LogP contribution >= 0.6 is 0 Å². The molecule has 0 spiro atoms. The third-order valence-corrected chi connectivity index (χ3v) is 7.98. The summed E-state index contributed by atoms with van der Waals surface area (Å²) in [5, 5.41) is 15.3. The zero-order chi connectivity index (χ0) is 28.9. The van der Waals surface area contributed by atoms with E-state index in [1.165, 1.54) is 5.56 Å². The Balaban J connectivity index is 1.48. The number of aromatic hydroxyl groups is 1. The van der Waals surface area contributed by atoms with Gasteiger partial charge in [-0.1, -0.05) is 50.8 Å². The molecule has 3 N–H and O–H groups in total. The Morgan fingerprint density at radius 1 is 1.05 bits per heavy atom. The van der Waals surface area contributed by atoms with E-state index in [-0.39, 0.29) is 23.9 Å². The van der Waals surface area contributed by atoms with Gasteiger partial charge in [-0.2, -0.15) is 0 Å². The van der Waals surface area contributed by atoms with E-state index in [0.717, 1.165) is 50.4 Å². The Morgan fingerprint density at radius 2 is 1.73 bits per heavy atom. The number of piperazine rings is 1. The lowest BCUT2D eigenvalue weighted by molar-refractivity contribution is -0.122. The van der Waals surface area contributed by atoms with Gasteiger partial charge in [-0.25, -0.2) is 4.79 Å². The standard InChI is InChI=1S/C32H40N4O4/c1-5-27(37)29-23(4)28(38)12-11-26(29)19-22(3)20-32(30(39)33-31(40)34-32)14-13-24-7-9-25(10-8-24)21-36-17-15-35(6-2)16-18-36/h7-12,22,38H,5-6,15-21H2,1-4H3,(H2,33,34,39,40). The fourth-order valence-electron chi connectivity index (χ4n) is 5.63. The number of hydrogen-bond donors (Lipinski definition) is 3. The summed E-state index contributed by atoms with van der Waals surface area (Å²) in [6.45, 7) is 14.0. The van der Waals surface area contributed by atoms with Crippen LogP contribution in [-0.4, -0.2) is 70.9 Å². The average Bonchev–Trinajstić information content (AvgIpc) is 3.22. The van der Waals surface area contributed by atoms with Crippen molar-refractivity contribution in [2.75, 3.05) is 32.7 Å². The van der Waals surface area contributed by atoms with Crippen LogP contribution in [0.2, 0.25) is 0 Å². The minimum Gasteiger partial charge on any atom is -0.508 e. The Labute approximate surface area is 237 Å². The molecule has 0 aromatic heterocycles. The molecule has 2 aromatic carbocycles. The number of phenolic OH excluding ortho intramolecular Hbond substituents is 1. The summed E-state index contributed by atoms with van der Waals surface area (Å²) in [4.78, 5) is 42.7. The predicted octanol–water partition coefficient (Wildman–Crippen LogP) is 3.63. The van der Waals surface area contributed by atoms with Gasteiger partial charge in [-0.15, -0.1) is 0 Å². The van der Waals surface area contributed by atoms with Crippen molar-refractivity contribution in [2.45, 2.75) is 59.0 Å². The lowest BCUT2D eigenvalue weighted by Gasteiger charge is -2.34. The molecule has 2 atom stereocenters. The normalized spacial score (nSPS) is 20.4. The molecule has 3 amide bonds. The highest BCUT2D eigenvalue weighted by Crippen LogP contribution is 2.29. The number of urea groups is 1. The monoisotopic (exact) mass is 544 g/mol. The summed E-state index contributed by atoms with van der Waals surface area (Å²) >= 11 is 0. The fourth-order valence-corrected chi connectivity index (χ4v) is 5.63. The van der Waals surface area contributed by atoms with Crippen LogP contribution in [-0.2, 0) is 17.8 Å². The van der Waals surface area contributed by atoms with E-state index in [1.807, 2.05) is 19.1 Å². The summed E-state index contributed by atoms with van der Waals surface area (Å²) < 4.78 is 0. The van der Waals surface area contributed by atoms with Crippen LogP contribution in [0.25, 0.3) is 0 Å². The van der Waals surface area contributed by atoms with E-state index in [0.29, 0.717) is 24.0 Å². The molecular formula is C32H40N4O4. The molecule has 2 fully saturated rings. The van der Waals surface area contributed by atoms with E-state index in [4.69, 9.17) is 0 Å². The first-order valence-corrected chi connectivity index (χ1v) is 14.2. The molecule has 8 nitrogen and oxygen atoms in total. The molecule has 40 heavy (non-hydrogen) atoms. The highest BCUT2D eigenvalue weighted by Gasteiger charge is 2.46. The topological polar surface area (TPSA) is 102 Å². The molecule has 0 radical (unpaired) electrons. The largest absolute Gasteiger partial charge is 0.508 e. The van der Waals surface area contributed by atoms with E-state index in [1.54, 1.807) is 26.0 Å². The number of nitrogens with one attached hydrogen (secondary N) is 2. The average molecular weight is 545 g/mol.